The molecule has 2 N–H and O–H groups in total. The molecule has 0 amide bonds. The molecule has 0 radical (unpaired) electrons. The highest BCUT2D eigenvalue weighted by molar-refractivity contribution is 9.10. The third kappa shape index (κ3) is 5.21. The number of halogens is 1. The summed E-state index contributed by atoms with van der Waals surface area (Å²) in [4.78, 5) is 0. The minimum atomic E-state index is 0.198. The Morgan fingerprint density at radius 1 is 1.35 bits per heavy atom. The van der Waals surface area contributed by atoms with E-state index < -0.39 is 0 Å². The van der Waals surface area contributed by atoms with Crippen molar-refractivity contribution in [2.45, 2.75) is 66.3 Å². The van der Waals surface area contributed by atoms with Gasteiger partial charge in [-0.2, -0.15) is 5.10 Å². The van der Waals surface area contributed by atoms with Crippen LogP contribution in [0.5, 0.6) is 0 Å². The van der Waals surface area contributed by atoms with Crippen LogP contribution in [0.2, 0.25) is 0 Å². The van der Waals surface area contributed by atoms with Crippen LogP contribution in [0.25, 0.3) is 0 Å². The summed E-state index contributed by atoms with van der Waals surface area (Å²) in [5, 5.41) is 4.53. The topological polar surface area (TPSA) is 43.8 Å². The molecule has 0 aromatic carbocycles. The number of aryl methyl sites for hydroxylation is 2. The largest absolute Gasteiger partial charge is 0.327 e. The molecule has 0 aliphatic heterocycles. The predicted molar refractivity (Wildman–Crippen MR) is 89.8 cm³/mol. The van der Waals surface area contributed by atoms with Crippen molar-refractivity contribution in [3.05, 3.63) is 15.9 Å². The van der Waals surface area contributed by atoms with Gasteiger partial charge in [-0.15, -0.1) is 0 Å². The normalized spacial score (nSPS) is 15.4. The number of hydrogen-bond acceptors (Lipinski definition) is 2. The third-order valence-corrected chi connectivity index (χ3v) is 4.54. The number of nitrogens with zero attached hydrogens (tertiary/aromatic N) is 2. The molecule has 20 heavy (non-hydrogen) atoms. The smallest absolute Gasteiger partial charge is 0.0766 e. The Kier molecular flexibility index (Phi) is 6.26. The van der Waals surface area contributed by atoms with Gasteiger partial charge < -0.3 is 5.73 Å². The van der Waals surface area contributed by atoms with E-state index in [9.17, 15) is 0 Å². The summed E-state index contributed by atoms with van der Waals surface area (Å²) < 4.78 is 3.11. The highest BCUT2D eigenvalue weighted by Crippen LogP contribution is 2.28. The van der Waals surface area contributed by atoms with Crippen molar-refractivity contribution in [3.8, 4) is 0 Å². The Labute approximate surface area is 132 Å². The number of aromatic nitrogens is 2. The van der Waals surface area contributed by atoms with Gasteiger partial charge in [0.25, 0.3) is 0 Å². The molecule has 0 aliphatic rings. The van der Waals surface area contributed by atoms with Crippen LogP contribution in [0, 0.1) is 11.3 Å². The van der Waals surface area contributed by atoms with Crippen molar-refractivity contribution in [2.24, 2.45) is 24.1 Å². The zero-order valence-electron chi connectivity index (χ0n) is 13.8. The SMILES string of the molecule is CCc1nn(C)c(CC(N)CC(C)CC(C)(C)C)c1Br. The Bertz CT molecular complexity index is 432. The van der Waals surface area contributed by atoms with Gasteiger partial charge in [0, 0.05) is 19.5 Å². The first-order valence-electron chi connectivity index (χ1n) is 7.59. The summed E-state index contributed by atoms with van der Waals surface area (Å²) in [6.45, 7) is 11.3. The van der Waals surface area contributed by atoms with E-state index in [4.69, 9.17) is 5.73 Å². The number of hydrogen-bond donors (Lipinski definition) is 1. The van der Waals surface area contributed by atoms with Crippen molar-refractivity contribution < 1.29 is 0 Å². The average Bonchev–Trinajstić information content (AvgIpc) is 2.53. The first-order chi connectivity index (χ1) is 9.14. The lowest BCUT2D eigenvalue weighted by Gasteiger charge is -2.25. The van der Waals surface area contributed by atoms with Gasteiger partial charge in [0.2, 0.25) is 0 Å². The highest BCUT2D eigenvalue weighted by atomic mass is 79.9. The van der Waals surface area contributed by atoms with E-state index >= 15 is 0 Å². The average molecular weight is 344 g/mol. The maximum Gasteiger partial charge on any atom is 0.0766 e. The molecule has 1 rings (SSSR count). The lowest BCUT2D eigenvalue weighted by Crippen LogP contribution is -2.28. The maximum absolute atomic E-state index is 6.35. The Balaban J connectivity index is 2.63. The minimum absolute atomic E-state index is 0.198. The molecule has 0 saturated heterocycles. The van der Waals surface area contributed by atoms with Crippen LogP contribution in [0.4, 0.5) is 0 Å². The first kappa shape index (κ1) is 17.7. The predicted octanol–water partition coefficient (Wildman–Crippen LogP) is 4.08. The van der Waals surface area contributed by atoms with Gasteiger partial charge in [-0.3, -0.25) is 4.68 Å². The molecule has 2 atom stereocenters. The van der Waals surface area contributed by atoms with Crippen LogP contribution in [0.3, 0.4) is 0 Å². The van der Waals surface area contributed by atoms with Gasteiger partial charge in [0.05, 0.1) is 15.9 Å². The second kappa shape index (κ2) is 7.08. The zero-order valence-corrected chi connectivity index (χ0v) is 15.4. The quantitative estimate of drug-likeness (QED) is 0.845. The van der Waals surface area contributed by atoms with Crippen LogP contribution in [-0.4, -0.2) is 15.8 Å². The summed E-state index contributed by atoms with van der Waals surface area (Å²) in [6, 6.07) is 0.198. The van der Waals surface area contributed by atoms with E-state index in [2.05, 4.69) is 55.6 Å². The van der Waals surface area contributed by atoms with E-state index in [0.717, 1.165) is 29.4 Å². The monoisotopic (exact) mass is 343 g/mol. The number of rotatable bonds is 6. The summed E-state index contributed by atoms with van der Waals surface area (Å²) in [7, 11) is 2.00. The van der Waals surface area contributed by atoms with Gasteiger partial charge >= 0.3 is 0 Å². The van der Waals surface area contributed by atoms with Crippen molar-refractivity contribution >= 4 is 15.9 Å². The van der Waals surface area contributed by atoms with Gasteiger partial charge in [-0.25, -0.2) is 0 Å². The molecule has 4 heteroatoms. The zero-order chi connectivity index (χ0) is 15.5. The molecule has 116 valence electrons. The third-order valence-electron chi connectivity index (χ3n) is 3.62. The Morgan fingerprint density at radius 2 is 1.95 bits per heavy atom. The molecule has 0 saturated carbocycles. The standard InChI is InChI=1S/C16H30BrN3/c1-7-13-15(17)14(20(6)19-13)9-12(18)8-11(2)10-16(3,4)5/h11-12H,7-10,18H2,1-6H3. The van der Waals surface area contributed by atoms with E-state index in [0.29, 0.717) is 11.3 Å². The molecule has 0 fully saturated rings. The van der Waals surface area contributed by atoms with Crippen LogP contribution >= 0.6 is 15.9 Å². The van der Waals surface area contributed by atoms with Crippen molar-refractivity contribution in [1.82, 2.24) is 9.78 Å². The molecule has 1 aromatic rings. The molecule has 2 unspecified atom stereocenters. The molecule has 1 aromatic heterocycles. The van der Waals surface area contributed by atoms with Gasteiger partial charge in [-0.05, 0) is 46.5 Å². The molecule has 0 bridgehead atoms. The van der Waals surface area contributed by atoms with Crippen LogP contribution < -0.4 is 5.73 Å². The second-order valence-corrected chi connectivity index (χ2v) is 8.05. The fraction of sp³-hybridized carbons (Fsp3) is 0.812. The van der Waals surface area contributed by atoms with Gasteiger partial charge in [0.15, 0.2) is 0 Å². The molecule has 1 heterocycles. The lowest BCUT2D eigenvalue weighted by atomic mass is 9.82. The van der Waals surface area contributed by atoms with E-state index in [1.165, 1.54) is 12.1 Å². The fourth-order valence-electron chi connectivity index (χ4n) is 3.02. The van der Waals surface area contributed by atoms with Crippen molar-refractivity contribution in [2.75, 3.05) is 0 Å². The summed E-state index contributed by atoms with van der Waals surface area (Å²) in [6.07, 6.45) is 4.12. The van der Waals surface area contributed by atoms with E-state index in [1.807, 2.05) is 11.7 Å². The van der Waals surface area contributed by atoms with E-state index in [-0.39, 0.29) is 6.04 Å². The van der Waals surface area contributed by atoms with Crippen molar-refractivity contribution in [1.29, 1.82) is 0 Å². The van der Waals surface area contributed by atoms with Gasteiger partial charge in [-0.1, -0.05) is 34.6 Å². The lowest BCUT2D eigenvalue weighted by molar-refractivity contribution is 0.284. The van der Waals surface area contributed by atoms with Crippen LogP contribution in [0.15, 0.2) is 4.47 Å². The summed E-state index contributed by atoms with van der Waals surface area (Å²) in [5.74, 6) is 0.655. The fourth-order valence-corrected chi connectivity index (χ4v) is 3.80. The molecular formula is C16H30BrN3. The molecule has 3 nitrogen and oxygen atoms in total. The second-order valence-electron chi connectivity index (χ2n) is 7.25. The molecule has 0 spiro atoms. The molecular weight excluding hydrogens is 314 g/mol. The Hall–Kier alpha value is -0.350. The summed E-state index contributed by atoms with van der Waals surface area (Å²) >= 11 is 3.67. The number of nitrogens with two attached hydrogens (primary N) is 1. The van der Waals surface area contributed by atoms with Crippen LogP contribution in [-0.2, 0) is 19.9 Å². The Morgan fingerprint density at radius 3 is 2.40 bits per heavy atom. The maximum atomic E-state index is 6.35. The van der Waals surface area contributed by atoms with E-state index in [1.54, 1.807) is 0 Å². The summed E-state index contributed by atoms with van der Waals surface area (Å²) in [5.41, 5.74) is 9.07. The highest BCUT2D eigenvalue weighted by Gasteiger charge is 2.20. The minimum Gasteiger partial charge on any atom is -0.327 e. The van der Waals surface area contributed by atoms with Crippen LogP contribution in [0.1, 0.15) is 58.8 Å². The van der Waals surface area contributed by atoms with Gasteiger partial charge in [0.1, 0.15) is 0 Å². The van der Waals surface area contributed by atoms with Crippen molar-refractivity contribution in [3.63, 3.8) is 0 Å². The first-order valence-corrected chi connectivity index (χ1v) is 8.39. The molecule has 0 aliphatic carbocycles.